The molecule has 0 amide bonds. The summed E-state index contributed by atoms with van der Waals surface area (Å²) in [7, 11) is 0. The maximum Gasteiger partial charge on any atom is 0.345 e. The highest BCUT2D eigenvalue weighted by Crippen LogP contribution is 2.29. The normalized spacial score (nSPS) is 21.1. The van der Waals surface area contributed by atoms with Crippen molar-refractivity contribution in [2.24, 2.45) is 0 Å². The van der Waals surface area contributed by atoms with Gasteiger partial charge in [-0.2, -0.15) is 0 Å². The second-order valence-corrected chi connectivity index (χ2v) is 3.95. The Morgan fingerprint density at radius 1 is 1.11 bits per heavy atom. The van der Waals surface area contributed by atoms with Crippen LogP contribution in [-0.4, -0.2) is 37.4 Å². The van der Waals surface area contributed by atoms with Gasteiger partial charge in [-0.05, 0) is 26.3 Å². The molecule has 1 heterocycles. The van der Waals surface area contributed by atoms with Crippen molar-refractivity contribution in [3.8, 4) is 0 Å². The highest BCUT2D eigenvalue weighted by Gasteiger charge is 2.38. The molecule has 0 unspecified atom stereocenters. The number of rotatable bonds is 7. The molecule has 0 N–H and O–H groups in total. The van der Waals surface area contributed by atoms with Crippen LogP contribution in [0.15, 0.2) is 11.6 Å². The average Bonchev–Trinajstić information content (AvgIpc) is 3.05. The Balaban J connectivity index is 2.69. The molecule has 0 saturated carbocycles. The number of carbonyl (C=O) groups excluding carboxylic acids is 2. The van der Waals surface area contributed by atoms with Gasteiger partial charge < -0.3 is 14.2 Å². The lowest BCUT2D eigenvalue weighted by molar-refractivity contribution is -0.146. The molecule has 0 spiro atoms. The van der Waals surface area contributed by atoms with Gasteiger partial charge in [0.2, 0.25) is 0 Å². The van der Waals surface area contributed by atoms with Gasteiger partial charge >= 0.3 is 11.9 Å². The second kappa shape index (κ2) is 7.16. The van der Waals surface area contributed by atoms with E-state index in [1.807, 2.05) is 0 Å². The lowest BCUT2D eigenvalue weighted by Crippen LogP contribution is -2.19. The molecule has 5 nitrogen and oxygen atoms in total. The van der Waals surface area contributed by atoms with E-state index < -0.39 is 11.9 Å². The highest BCUT2D eigenvalue weighted by atomic mass is 16.6. The Hall–Kier alpha value is -1.36. The Morgan fingerprint density at radius 2 is 1.67 bits per heavy atom. The molecule has 1 rings (SSSR count). The van der Waals surface area contributed by atoms with Gasteiger partial charge in [-0.1, -0.05) is 13.3 Å². The number of hydrogen-bond donors (Lipinski definition) is 0. The van der Waals surface area contributed by atoms with Crippen molar-refractivity contribution in [1.82, 2.24) is 0 Å². The van der Waals surface area contributed by atoms with Crippen LogP contribution in [0.1, 0.15) is 33.6 Å². The molecule has 1 fully saturated rings. The number of esters is 2. The van der Waals surface area contributed by atoms with Crippen molar-refractivity contribution in [3.05, 3.63) is 11.6 Å². The number of hydrogen-bond acceptors (Lipinski definition) is 5. The second-order valence-electron chi connectivity index (χ2n) is 3.95. The zero-order chi connectivity index (χ0) is 13.5. The molecule has 5 heteroatoms. The zero-order valence-corrected chi connectivity index (χ0v) is 11.1. The minimum atomic E-state index is -0.651. The summed E-state index contributed by atoms with van der Waals surface area (Å²) >= 11 is 0. The predicted octanol–water partition coefficient (Wildman–Crippen LogP) is 1.61. The third-order valence-corrected chi connectivity index (χ3v) is 2.52. The van der Waals surface area contributed by atoms with Crippen LogP contribution in [0.3, 0.4) is 0 Å². The molecular formula is C13H20O5. The standard InChI is InChI=1S/C13H20O5/c1-4-7-10-11(18-10)8-9(12(14)16-5-2)13(15)17-6-3/h8,10-11H,4-7H2,1-3H3/t10-,11-/m1/s1. The topological polar surface area (TPSA) is 65.1 Å². The summed E-state index contributed by atoms with van der Waals surface area (Å²) in [5, 5.41) is 0. The van der Waals surface area contributed by atoms with E-state index in [1.165, 1.54) is 6.08 Å². The van der Waals surface area contributed by atoms with Crippen molar-refractivity contribution in [3.63, 3.8) is 0 Å². The molecule has 0 aromatic heterocycles. The van der Waals surface area contributed by atoms with E-state index in [-0.39, 0.29) is 31.0 Å². The molecule has 1 aliphatic heterocycles. The SMILES string of the molecule is CCC[C@H]1O[C@@H]1C=C(C(=O)OCC)C(=O)OCC. The number of carbonyl (C=O) groups is 2. The summed E-state index contributed by atoms with van der Waals surface area (Å²) in [6.07, 6.45) is 3.36. The molecule has 0 radical (unpaired) electrons. The van der Waals surface area contributed by atoms with Gasteiger partial charge in [0, 0.05) is 0 Å². The smallest absolute Gasteiger partial charge is 0.345 e. The van der Waals surface area contributed by atoms with Gasteiger partial charge in [0.05, 0.1) is 19.3 Å². The van der Waals surface area contributed by atoms with Gasteiger partial charge in [0.15, 0.2) is 0 Å². The van der Waals surface area contributed by atoms with E-state index in [4.69, 9.17) is 14.2 Å². The molecule has 18 heavy (non-hydrogen) atoms. The minimum Gasteiger partial charge on any atom is -0.462 e. The van der Waals surface area contributed by atoms with Gasteiger partial charge in [-0.3, -0.25) is 0 Å². The largest absolute Gasteiger partial charge is 0.462 e. The van der Waals surface area contributed by atoms with Gasteiger partial charge in [0.25, 0.3) is 0 Å². The molecule has 0 aliphatic carbocycles. The predicted molar refractivity (Wildman–Crippen MR) is 64.9 cm³/mol. The van der Waals surface area contributed by atoms with Crippen LogP contribution in [0.5, 0.6) is 0 Å². The summed E-state index contributed by atoms with van der Waals surface area (Å²) in [6.45, 7) is 5.88. The van der Waals surface area contributed by atoms with E-state index in [1.54, 1.807) is 13.8 Å². The molecule has 2 atom stereocenters. The fourth-order valence-corrected chi connectivity index (χ4v) is 1.62. The van der Waals surface area contributed by atoms with Crippen molar-refractivity contribution >= 4 is 11.9 Å². The van der Waals surface area contributed by atoms with Gasteiger partial charge in [-0.15, -0.1) is 0 Å². The monoisotopic (exact) mass is 256 g/mol. The Kier molecular flexibility index (Phi) is 5.85. The number of epoxide rings is 1. The molecule has 102 valence electrons. The first kappa shape index (κ1) is 14.7. The van der Waals surface area contributed by atoms with Crippen molar-refractivity contribution in [2.75, 3.05) is 13.2 Å². The quantitative estimate of drug-likeness (QED) is 0.228. The zero-order valence-electron chi connectivity index (χ0n) is 11.1. The molecular weight excluding hydrogens is 236 g/mol. The van der Waals surface area contributed by atoms with Gasteiger partial charge in [0.1, 0.15) is 11.7 Å². The van der Waals surface area contributed by atoms with Crippen molar-refractivity contribution in [2.45, 2.75) is 45.8 Å². The lowest BCUT2D eigenvalue weighted by atomic mass is 10.1. The summed E-state index contributed by atoms with van der Waals surface area (Å²) < 4.78 is 15.0. The van der Waals surface area contributed by atoms with E-state index >= 15 is 0 Å². The Bertz CT molecular complexity index is 314. The average molecular weight is 256 g/mol. The van der Waals surface area contributed by atoms with Crippen molar-refractivity contribution < 1.29 is 23.8 Å². The Morgan fingerprint density at radius 3 is 2.11 bits per heavy atom. The number of ether oxygens (including phenoxy) is 3. The molecule has 0 bridgehead atoms. The maximum absolute atomic E-state index is 11.6. The van der Waals surface area contributed by atoms with Crippen LogP contribution < -0.4 is 0 Å². The minimum absolute atomic E-state index is 0.0673. The first-order valence-electron chi connectivity index (χ1n) is 6.35. The first-order chi connectivity index (χ1) is 8.63. The van der Waals surface area contributed by atoms with E-state index in [9.17, 15) is 9.59 Å². The van der Waals surface area contributed by atoms with Crippen LogP contribution in [0.2, 0.25) is 0 Å². The van der Waals surface area contributed by atoms with E-state index in [0.717, 1.165) is 12.8 Å². The molecule has 1 saturated heterocycles. The molecule has 1 aliphatic rings. The Labute approximate surface area is 107 Å². The molecule has 0 aromatic carbocycles. The summed E-state index contributed by atoms with van der Waals surface area (Å²) in [5.41, 5.74) is -0.0673. The maximum atomic E-state index is 11.6. The van der Waals surface area contributed by atoms with Crippen LogP contribution in [0.4, 0.5) is 0 Å². The molecule has 0 aromatic rings. The van der Waals surface area contributed by atoms with Crippen LogP contribution in [0.25, 0.3) is 0 Å². The summed E-state index contributed by atoms with van der Waals surface area (Å²) in [4.78, 5) is 23.3. The van der Waals surface area contributed by atoms with Crippen molar-refractivity contribution in [1.29, 1.82) is 0 Å². The van der Waals surface area contributed by atoms with E-state index in [0.29, 0.717) is 0 Å². The van der Waals surface area contributed by atoms with Crippen LogP contribution in [0, 0.1) is 0 Å². The van der Waals surface area contributed by atoms with Gasteiger partial charge in [-0.25, -0.2) is 9.59 Å². The third kappa shape index (κ3) is 4.14. The highest BCUT2D eigenvalue weighted by molar-refractivity contribution is 6.14. The van der Waals surface area contributed by atoms with Crippen LogP contribution >= 0.6 is 0 Å². The summed E-state index contributed by atoms with van der Waals surface area (Å²) in [6, 6.07) is 0. The fourth-order valence-electron chi connectivity index (χ4n) is 1.62. The fraction of sp³-hybridized carbons (Fsp3) is 0.692. The lowest BCUT2D eigenvalue weighted by Gasteiger charge is -2.05. The van der Waals surface area contributed by atoms with E-state index in [2.05, 4.69) is 6.92 Å². The van der Waals surface area contributed by atoms with Crippen LogP contribution in [-0.2, 0) is 23.8 Å². The first-order valence-corrected chi connectivity index (χ1v) is 6.35. The third-order valence-electron chi connectivity index (χ3n) is 2.52. The summed E-state index contributed by atoms with van der Waals surface area (Å²) in [5.74, 6) is -1.30.